The fourth-order valence-electron chi connectivity index (χ4n) is 3.53. The van der Waals surface area contributed by atoms with E-state index < -0.39 is 5.97 Å². The summed E-state index contributed by atoms with van der Waals surface area (Å²) in [6.07, 6.45) is 5.62. The Balaban J connectivity index is 1.59. The minimum Gasteiger partial charge on any atom is -0.489 e. The molecular weight excluding hydrogens is 306 g/mol. The summed E-state index contributed by atoms with van der Waals surface area (Å²) in [6, 6.07) is 6.50. The van der Waals surface area contributed by atoms with Gasteiger partial charge in [0, 0.05) is 12.6 Å². The van der Waals surface area contributed by atoms with Gasteiger partial charge in [-0.2, -0.15) is 0 Å². The third-order valence-corrected chi connectivity index (χ3v) is 5.02. The van der Waals surface area contributed by atoms with Crippen LogP contribution < -0.4 is 10.1 Å². The zero-order chi connectivity index (χ0) is 16.9. The minimum atomic E-state index is -0.663. The monoisotopic (exact) mass is 333 g/mol. The number of aryl methyl sites for hydroxylation is 1. The van der Waals surface area contributed by atoms with Crippen molar-refractivity contribution in [1.82, 2.24) is 0 Å². The van der Waals surface area contributed by atoms with Gasteiger partial charge >= 0.3 is 5.97 Å². The number of hydrogen-bond acceptors (Lipinski definition) is 4. The van der Waals surface area contributed by atoms with Crippen LogP contribution in [-0.2, 0) is 9.53 Å². The van der Waals surface area contributed by atoms with Gasteiger partial charge in [0.2, 0.25) is 0 Å². The quantitative estimate of drug-likeness (QED) is 0.832. The Kier molecular flexibility index (Phi) is 5.61. The van der Waals surface area contributed by atoms with Crippen LogP contribution in [0.3, 0.4) is 0 Å². The number of carbonyl (C=O) groups is 1. The molecule has 1 saturated carbocycles. The second-order valence-electron chi connectivity index (χ2n) is 6.98. The third-order valence-electron chi connectivity index (χ3n) is 5.02. The first-order valence-corrected chi connectivity index (χ1v) is 8.96. The van der Waals surface area contributed by atoms with Crippen LogP contribution in [0.2, 0.25) is 0 Å². The summed E-state index contributed by atoms with van der Waals surface area (Å²) in [5.41, 5.74) is 2.16. The second-order valence-corrected chi connectivity index (χ2v) is 6.98. The van der Waals surface area contributed by atoms with E-state index in [1.165, 1.54) is 0 Å². The number of hydrogen-bond donors (Lipinski definition) is 2. The molecule has 2 fully saturated rings. The van der Waals surface area contributed by atoms with E-state index in [0.29, 0.717) is 12.6 Å². The summed E-state index contributed by atoms with van der Waals surface area (Å²) in [6.45, 7) is 3.48. The standard InChI is InChI=1S/C19H27NO4/c1-13-4-9-17(18(11-13)24-12-16-3-2-10-23-16)20-15-7-5-14(6-8-15)19(21)22/h4,9,11,14-16,20H,2-3,5-8,10,12H2,1H3,(H,21,22). The Labute approximate surface area is 143 Å². The molecule has 0 radical (unpaired) electrons. The molecule has 0 aromatic heterocycles. The summed E-state index contributed by atoms with van der Waals surface area (Å²) >= 11 is 0. The minimum absolute atomic E-state index is 0.184. The summed E-state index contributed by atoms with van der Waals surface area (Å²) in [5.74, 6) is 0.0199. The van der Waals surface area contributed by atoms with E-state index in [9.17, 15) is 4.79 Å². The number of rotatable bonds is 6. The normalized spacial score (nSPS) is 27.0. The van der Waals surface area contributed by atoms with Crippen molar-refractivity contribution in [2.45, 2.75) is 57.6 Å². The van der Waals surface area contributed by atoms with Crippen molar-refractivity contribution >= 4 is 11.7 Å². The maximum atomic E-state index is 11.1. The molecule has 5 heteroatoms. The fourth-order valence-corrected chi connectivity index (χ4v) is 3.53. The lowest BCUT2D eigenvalue weighted by atomic mass is 9.86. The Hall–Kier alpha value is -1.75. The van der Waals surface area contributed by atoms with Gasteiger partial charge < -0.3 is 19.9 Å². The number of carboxylic acids is 1. The molecule has 0 spiro atoms. The molecule has 5 nitrogen and oxygen atoms in total. The molecule has 1 unspecified atom stereocenters. The Bertz CT molecular complexity index is 560. The van der Waals surface area contributed by atoms with Crippen LogP contribution in [0.5, 0.6) is 5.75 Å². The van der Waals surface area contributed by atoms with Gasteiger partial charge in [0.05, 0.1) is 17.7 Å². The fraction of sp³-hybridized carbons (Fsp3) is 0.632. The van der Waals surface area contributed by atoms with Gasteiger partial charge in [-0.15, -0.1) is 0 Å². The van der Waals surface area contributed by atoms with E-state index in [4.69, 9.17) is 14.6 Å². The molecule has 1 aliphatic heterocycles. The molecule has 24 heavy (non-hydrogen) atoms. The molecule has 1 heterocycles. The maximum Gasteiger partial charge on any atom is 0.306 e. The first-order chi connectivity index (χ1) is 11.6. The maximum absolute atomic E-state index is 11.1. The molecule has 0 amide bonds. The average molecular weight is 333 g/mol. The van der Waals surface area contributed by atoms with Crippen LogP contribution in [0, 0.1) is 12.8 Å². The molecule has 2 N–H and O–H groups in total. The van der Waals surface area contributed by atoms with Gasteiger partial charge in [0.1, 0.15) is 12.4 Å². The van der Waals surface area contributed by atoms with E-state index in [2.05, 4.69) is 30.4 Å². The highest BCUT2D eigenvalue weighted by Gasteiger charge is 2.26. The summed E-state index contributed by atoms with van der Waals surface area (Å²) in [7, 11) is 0. The number of benzene rings is 1. The van der Waals surface area contributed by atoms with Crippen molar-refractivity contribution in [3.05, 3.63) is 23.8 Å². The Morgan fingerprint density at radius 3 is 2.75 bits per heavy atom. The molecule has 0 bridgehead atoms. The largest absolute Gasteiger partial charge is 0.489 e. The van der Waals surface area contributed by atoms with E-state index in [-0.39, 0.29) is 12.0 Å². The molecule has 1 aromatic carbocycles. The van der Waals surface area contributed by atoms with Crippen LogP contribution in [0.25, 0.3) is 0 Å². The van der Waals surface area contributed by atoms with Gasteiger partial charge in [-0.1, -0.05) is 6.07 Å². The molecule has 3 rings (SSSR count). The van der Waals surface area contributed by atoms with E-state index in [0.717, 1.165) is 62.1 Å². The predicted molar refractivity (Wildman–Crippen MR) is 92.7 cm³/mol. The molecule has 1 saturated heterocycles. The molecule has 132 valence electrons. The number of aliphatic carboxylic acids is 1. The van der Waals surface area contributed by atoms with Gasteiger partial charge in [-0.3, -0.25) is 4.79 Å². The molecule has 1 atom stereocenters. The van der Waals surface area contributed by atoms with Crippen LogP contribution >= 0.6 is 0 Å². The van der Waals surface area contributed by atoms with Crippen LogP contribution in [0.15, 0.2) is 18.2 Å². The smallest absolute Gasteiger partial charge is 0.306 e. The first kappa shape index (κ1) is 17.1. The zero-order valence-corrected chi connectivity index (χ0v) is 14.3. The highest BCUT2D eigenvalue weighted by atomic mass is 16.5. The highest BCUT2D eigenvalue weighted by molar-refractivity contribution is 5.70. The van der Waals surface area contributed by atoms with Crippen molar-refractivity contribution in [3.63, 3.8) is 0 Å². The van der Waals surface area contributed by atoms with Crippen LogP contribution in [-0.4, -0.2) is 36.4 Å². The molecule has 1 aliphatic carbocycles. The van der Waals surface area contributed by atoms with E-state index in [1.807, 2.05) is 0 Å². The first-order valence-electron chi connectivity index (χ1n) is 8.96. The predicted octanol–water partition coefficient (Wildman–Crippen LogP) is 3.61. The molecular formula is C19H27NO4. The molecule has 1 aromatic rings. The Morgan fingerprint density at radius 2 is 2.08 bits per heavy atom. The van der Waals surface area contributed by atoms with Gasteiger partial charge in [0.25, 0.3) is 0 Å². The number of nitrogens with one attached hydrogen (secondary N) is 1. The van der Waals surface area contributed by atoms with Crippen molar-refractivity contribution in [3.8, 4) is 5.75 Å². The van der Waals surface area contributed by atoms with Gasteiger partial charge in [0.15, 0.2) is 0 Å². The summed E-state index contributed by atoms with van der Waals surface area (Å²) in [4.78, 5) is 11.1. The van der Waals surface area contributed by atoms with Gasteiger partial charge in [-0.25, -0.2) is 0 Å². The van der Waals surface area contributed by atoms with E-state index >= 15 is 0 Å². The van der Waals surface area contributed by atoms with Crippen molar-refractivity contribution in [2.24, 2.45) is 5.92 Å². The lowest BCUT2D eigenvalue weighted by molar-refractivity contribution is -0.142. The lowest BCUT2D eigenvalue weighted by Gasteiger charge is -2.28. The SMILES string of the molecule is Cc1ccc(NC2CCC(C(=O)O)CC2)c(OCC2CCCO2)c1. The lowest BCUT2D eigenvalue weighted by Crippen LogP contribution is -2.29. The van der Waals surface area contributed by atoms with Crippen LogP contribution in [0.4, 0.5) is 5.69 Å². The Morgan fingerprint density at radius 1 is 1.29 bits per heavy atom. The van der Waals surface area contributed by atoms with Gasteiger partial charge in [-0.05, 0) is 63.1 Å². The highest BCUT2D eigenvalue weighted by Crippen LogP contribution is 2.31. The third kappa shape index (κ3) is 4.41. The zero-order valence-electron chi connectivity index (χ0n) is 14.3. The van der Waals surface area contributed by atoms with Crippen molar-refractivity contribution in [1.29, 1.82) is 0 Å². The number of anilines is 1. The number of ether oxygens (including phenoxy) is 2. The second kappa shape index (κ2) is 7.88. The average Bonchev–Trinajstić information content (AvgIpc) is 3.09. The molecule has 2 aliphatic rings. The van der Waals surface area contributed by atoms with E-state index in [1.54, 1.807) is 0 Å². The van der Waals surface area contributed by atoms with Crippen molar-refractivity contribution < 1.29 is 19.4 Å². The topological polar surface area (TPSA) is 67.8 Å². The number of carboxylic acid groups (broad SMARTS) is 1. The summed E-state index contributed by atoms with van der Waals surface area (Å²) < 4.78 is 11.6. The van der Waals surface area contributed by atoms with Crippen molar-refractivity contribution in [2.75, 3.05) is 18.5 Å². The summed E-state index contributed by atoms with van der Waals surface area (Å²) in [5, 5.41) is 12.7. The van der Waals surface area contributed by atoms with Crippen LogP contribution in [0.1, 0.15) is 44.1 Å².